The van der Waals surface area contributed by atoms with Crippen molar-refractivity contribution in [1.82, 2.24) is 15.0 Å². The molecule has 1 amide bonds. The molecule has 5 nitrogen and oxygen atoms in total. The summed E-state index contributed by atoms with van der Waals surface area (Å²) in [7, 11) is 0. The number of hydrogen-bond acceptors (Lipinski definition) is 3. The molecular formula is C25H20Cl2N4O. The van der Waals surface area contributed by atoms with Gasteiger partial charge in [-0.3, -0.25) is 4.79 Å². The number of carbonyl (C=O) groups is 1. The highest BCUT2D eigenvalue weighted by Gasteiger charge is 2.15. The SMILES string of the molecule is O=C(CCn1cnc(-c2ccccc2)c1-c1ccccc1)NN=Cc1ccc(Cl)cc1Cl. The third kappa shape index (κ3) is 5.25. The number of aryl methyl sites for hydroxylation is 1. The van der Waals surface area contributed by atoms with E-state index in [0.717, 1.165) is 22.5 Å². The predicted octanol–water partition coefficient (Wildman–Crippen LogP) is 6.06. The highest BCUT2D eigenvalue weighted by molar-refractivity contribution is 6.36. The van der Waals surface area contributed by atoms with Gasteiger partial charge >= 0.3 is 0 Å². The molecule has 0 bridgehead atoms. The van der Waals surface area contributed by atoms with Crippen LogP contribution in [0.1, 0.15) is 12.0 Å². The van der Waals surface area contributed by atoms with Crippen LogP contribution in [0.4, 0.5) is 0 Å². The molecule has 1 aromatic heterocycles. The van der Waals surface area contributed by atoms with Crippen molar-refractivity contribution in [1.29, 1.82) is 0 Å². The lowest BCUT2D eigenvalue weighted by molar-refractivity contribution is -0.121. The molecule has 0 saturated heterocycles. The van der Waals surface area contributed by atoms with Crippen LogP contribution in [0.15, 0.2) is 90.3 Å². The average Bonchev–Trinajstić information content (AvgIpc) is 3.24. The summed E-state index contributed by atoms with van der Waals surface area (Å²) in [6.45, 7) is 0.465. The number of hydrazone groups is 1. The number of hydrogen-bond donors (Lipinski definition) is 1. The first-order valence-electron chi connectivity index (χ1n) is 10.0. The number of nitrogens with zero attached hydrogens (tertiary/aromatic N) is 3. The molecule has 0 unspecified atom stereocenters. The molecule has 32 heavy (non-hydrogen) atoms. The molecule has 7 heteroatoms. The molecule has 0 spiro atoms. The molecule has 3 aromatic carbocycles. The lowest BCUT2D eigenvalue weighted by Crippen LogP contribution is -2.19. The second kappa shape index (κ2) is 10.3. The van der Waals surface area contributed by atoms with Crippen LogP contribution in [-0.2, 0) is 11.3 Å². The van der Waals surface area contributed by atoms with Gasteiger partial charge in [0.2, 0.25) is 5.91 Å². The number of benzene rings is 3. The van der Waals surface area contributed by atoms with E-state index in [1.165, 1.54) is 6.21 Å². The first-order chi connectivity index (χ1) is 15.6. The monoisotopic (exact) mass is 462 g/mol. The summed E-state index contributed by atoms with van der Waals surface area (Å²) < 4.78 is 2.00. The van der Waals surface area contributed by atoms with Crippen molar-refractivity contribution in [3.05, 3.63) is 101 Å². The molecule has 0 aliphatic heterocycles. The Hall–Kier alpha value is -3.41. The zero-order chi connectivity index (χ0) is 22.3. The average molecular weight is 463 g/mol. The molecule has 1 N–H and O–H groups in total. The van der Waals surface area contributed by atoms with Crippen LogP contribution < -0.4 is 5.43 Å². The van der Waals surface area contributed by atoms with Crippen molar-refractivity contribution in [3.63, 3.8) is 0 Å². The Kier molecular flexibility index (Phi) is 7.00. The lowest BCUT2D eigenvalue weighted by atomic mass is 10.0. The highest BCUT2D eigenvalue weighted by atomic mass is 35.5. The minimum Gasteiger partial charge on any atom is -0.330 e. The van der Waals surface area contributed by atoms with Crippen molar-refractivity contribution < 1.29 is 4.79 Å². The standard InChI is InChI=1S/C25H20Cl2N4O/c26-21-12-11-20(22(27)15-21)16-29-30-23(32)13-14-31-17-28-24(18-7-3-1-4-8-18)25(31)19-9-5-2-6-10-19/h1-12,15-17H,13-14H2,(H,30,32). The second-order valence-electron chi connectivity index (χ2n) is 7.08. The molecule has 0 saturated carbocycles. The number of imidazole rings is 1. The summed E-state index contributed by atoms with van der Waals surface area (Å²) in [5, 5.41) is 5.01. The highest BCUT2D eigenvalue weighted by Crippen LogP contribution is 2.31. The molecule has 0 atom stereocenters. The Morgan fingerprint density at radius 2 is 1.66 bits per heavy atom. The summed E-state index contributed by atoms with van der Waals surface area (Å²) in [5.74, 6) is -0.208. The summed E-state index contributed by atoms with van der Waals surface area (Å²) in [6, 6.07) is 25.1. The summed E-state index contributed by atoms with van der Waals surface area (Å²) in [6.07, 6.45) is 3.52. The van der Waals surface area contributed by atoms with Gasteiger partial charge in [-0.15, -0.1) is 0 Å². The maximum Gasteiger partial charge on any atom is 0.241 e. The van der Waals surface area contributed by atoms with Gasteiger partial charge in [0, 0.05) is 34.7 Å². The van der Waals surface area contributed by atoms with Crippen LogP contribution in [-0.4, -0.2) is 21.7 Å². The van der Waals surface area contributed by atoms with Crippen LogP contribution >= 0.6 is 23.2 Å². The van der Waals surface area contributed by atoms with Crippen molar-refractivity contribution in [3.8, 4) is 22.5 Å². The molecule has 1 heterocycles. The van der Waals surface area contributed by atoms with E-state index >= 15 is 0 Å². The minimum atomic E-state index is -0.208. The predicted molar refractivity (Wildman–Crippen MR) is 130 cm³/mol. The number of halogens is 2. The quantitative estimate of drug-likeness (QED) is 0.267. The minimum absolute atomic E-state index is 0.208. The number of carbonyl (C=O) groups excluding carboxylic acids is 1. The van der Waals surface area contributed by atoms with Gasteiger partial charge in [-0.05, 0) is 12.1 Å². The van der Waals surface area contributed by atoms with Crippen LogP contribution in [0.2, 0.25) is 10.0 Å². The lowest BCUT2D eigenvalue weighted by Gasteiger charge is -2.10. The van der Waals surface area contributed by atoms with Gasteiger partial charge in [0.15, 0.2) is 0 Å². The maximum atomic E-state index is 12.4. The fourth-order valence-corrected chi connectivity index (χ4v) is 3.77. The van der Waals surface area contributed by atoms with E-state index in [2.05, 4.69) is 15.5 Å². The fraction of sp³-hybridized carbons (Fsp3) is 0.0800. The normalized spacial score (nSPS) is 11.1. The van der Waals surface area contributed by atoms with Crippen molar-refractivity contribution >= 4 is 35.3 Å². The molecule has 4 aromatic rings. The third-order valence-corrected chi connectivity index (χ3v) is 5.43. The van der Waals surface area contributed by atoms with Crippen LogP contribution in [0.25, 0.3) is 22.5 Å². The molecule has 0 radical (unpaired) electrons. The summed E-state index contributed by atoms with van der Waals surface area (Å²) in [5.41, 5.74) is 7.14. The molecule has 0 aliphatic rings. The Bertz CT molecular complexity index is 1240. The molecule has 0 fully saturated rings. The molecular weight excluding hydrogens is 443 g/mol. The number of nitrogens with one attached hydrogen (secondary N) is 1. The Labute approximate surface area is 196 Å². The van der Waals surface area contributed by atoms with Crippen molar-refractivity contribution in [2.45, 2.75) is 13.0 Å². The van der Waals surface area contributed by atoms with Gasteiger partial charge in [-0.1, -0.05) is 89.9 Å². The largest absolute Gasteiger partial charge is 0.330 e. The number of rotatable bonds is 7. The van der Waals surface area contributed by atoms with E-state index in [-0.39, 0.29) is 12.3 Å². The van der Waals surface area contributed by atoms with Crippen molar-refractivity contribution in [2.75, 3.05) is 0 Å². The zero-order valence-electron chi connectivity index (χ0n) is 17.1. The van der Waals surface area contributed by atoms with Crippen LogP contribution in [0.5, 0.6) is 0 Å². The van der Waals surface area contributed by atoms with E-state index in [0.29, 0.717) is 22.2 Å². The van der Waals surface area contributed by atoms with Crippen molar-refractivity contribution in [2.24, 2.45) is 5.10 Å². The van der Waals surface area contributed by atoms with Crippen LogP contribution in [0, 0.1) is 0 Å². The Morgan fingerprint density at radius 1 is 0.969 bits per heavy atom. The maximum absolute atomic E-state index is 12.4. The van der Waals surface area contributed by atoms with Gasteiger partial charge in [0.1, 0.15) is 0 Å². The number of aromatic nitrogens is 2. The third-order valence-electron chi connectivity index (χ3n) is 4.87. The van der Waals surface area contributed by atoms with Gasteiger partial charge < -0.3 is 4.57 Å². The van der Waals surface area contributed by atoms with Gasteiger partial charge in [0.25, 0.3) is 0 Å². The van der Waals surface area contributed by atoms with Gasteiger partial charge in [-0.2, -0.15) is 5.10 Å². The van der Waals surface area contributed by atoms with E-state index in [1.54, 1.807) is 24.5 Å². The summed E-state index contributed by atoms with van der Waals surface area (Å²) in [4.78, 5) is 17.0. The first kappa shape index (κ1) is 21.8. The molecule has 4 rings (SSSR count). The zero-order valence-corrected chi connectivity index (χ0v) is 18.6. The van der Waals surface area contributed by atoms with Gasteiger partial charge in [-0.25, -0.2) is 10.4 Å². The van der Waals surface area contributed by atoms with Gasteiger partial charge in [0.05, 0.1) is 29.0 Å². The van der Waals surface area contributed by atoms with E-state index in [4.69, 9.17) is 23.2 Å². The smallest absolute Gasteiger partial charge is 0.241 e. The van der Waals surface area contributed by atoms with Crippen LogP contribution in [0.3, 0.4) is 0 Å². The van der Waals surface area contributed by atoms with E-state index in [1.807, 2.05) is 65.2 Å². The summed E-state index contributed by atoms with van der Waals surface area (Å²) >= 11 is 12.0. The molecule has 160 valence electrons. The first-order valence-corrected chi connectivity index (χ1v) is 10.8. The Balaban J connectivity index is 1.48. The number of amides is 1. The second-order valence-corrected chi connectivity index (χ2v) is 7.92. The topological polar surface area (TPSA) is 59.3 Å². The Morgan fingerprint density at radius 3 is 2.34 bits per heavy atom. The van der Waals surface area contributed by atoms with E-state index in [9.17, 15) is 4.79 Å². The van der Waals surface area contributed by atoms with E-state index < -0.39 is 0 Å². The molecule has 0 aliphatic carbocycles. The fourth-order valence-electron chi connectivity index (χ4n) is 3.32.